The van der Waals surface area contributed by atoms with Crippen molar-refractivity contribution in [1.29, 1.82) is 5.26 Å². The molecule has 0 aromatic heterocycles. The second kappa shape index (κ2) is 2.78. The van der Waals surface area contributed by atoms with Crippen LogP contribution in [0.3, 0.4) is 0 Å². The second-order valence-electron chi connectivity index (χ2n) is 3.76. The van der Waals surface area contributed by atoms with E-state index in [0.717, 1.165) is 0 Å². The molecule has 2 fully saturated rings. The number of rotatable bonds is 2. The summed E-state index contributed by atoms with van der Waals surface area (Å²) in [6.07, 6.45) is 2.93. The molecule has 1 N–H and O–H groups in total. The van der Waals surface area contributed by atoms with Crippen LogP contribution in [0.15, 0.2) is 0 Å². The Morgan fingerprint density at radius 2 is 2.25 bits per heavy atom. The predicted molar refractivity (Wildman–Crippen MR) is 42.9 cm³/mol. The Balaban J connectivity index is 1.98. The first-order valence-electron chi connectivity index (χ1n) is 4.47. The molecule has 0 aromatic rings. The summed E-state index contributed by atoms with van der Waals surface area (Å²) < 4.78 is 0. The molecule has 1 amide bonds. The molecule has 64 valence electrons. The van der Waals surface area contributed by atoms with Gasteiger partial charge in [-0.05, 0) is 18.8 Å². The molecular weight excluding hydrogens is 152 g/mol. The van der Waals surface area contributed by atoms with Crippen LogP contribution in [0, 0.1) is 29.1 Å². The van der Waals surface area contributed by atoms with Gasteiger partial charge in [0.05, 0.1) is 12.0 Å². The third-order valence-electron chi connectivity index (χ3n) is 2.80. The third-order valence-corrected chi connectivity index (χ3v) is 2.80. The van der Waals surface area contributed by atoms with Crippen LogP contribution >= 0.6 is 0 Å². The van der Waals surface area contributed by atoms with E-state index in [2.05, 4.69) is 11.4 Å². The molecule has 1 saturated carbocycles. The highest BCUT2D eigenvalue weighted by Gasteiger charge is 2.39. The Morgan fingerprint density at radius 1 is 1.50 bits per heavy atom. The number of hydrogen-bond donors (Lipinski definition) is 1. The van der Waals surface area contributed by atoms with E-state index in [0.29, 0.717) is 18.9 Å². The summed E-state index contributed by atoms with van der Waals surface area (Å²) in [7, 11) is 0. The van der Waals surface area contributed by atoms with Gasteiger partial charge in [-0.15, -0.1) is 0 Å². The van der Waals surface area contributed by atoms with Crippen LogP contribution in [0.1, 0.15) is 19.3 Å². The number of nitrogens with one attached hydrogen (secondary N) is 1. The van der Waals surface area contributed by atoms with Gasteiger partial charge >= 0.3 is 0 Å². The second-order valence-corrected chi connectivity index (χ2v) is 3.76. The molecule has 1 aliphatic carbocycles. The summed E-state index contributed by atoms with van der Waals surface area (Å²) in [4.78, 5) is 10.9. The highest BCUT2D eigenvalue weighted by Crippen LogP contribution is 2.41. The molecule has 2 unspecified atom stereocenters. The highest BCUT2D eigenvalue weighted by atomic mass is 16.1. The van der Waals surface area contributed by atoms with Crippen LogP contribution in [0.25, 0.3) is 0 Å². The van der Waals surface area contributed by atoms with E-state index in [9.17, 15) is 4.79 Å². The molecule has 3 nitrogen and oxygen atoms in total. The number of amides is 1. The fourth-order valence-corrected chi connectivity index (χ4v) is 1.93. The molecular formula is C9H12N2O. The Morgan fingerprint density at radius 3 is 2.67 bits per heavy atom. The lowest BCUT2D eigenvalue weighted by Crippen LogP contribution is -2.18. The fraction of sp³-hybridized carbons (Fsp3) is 0.778. The molecule has 0 spiro atoms. The van der Waals surface area contributed by atoms with Crippen molar-refractivity contribution in [1.82, 2.24) is 5.32 Å². The Hall–Kier alpha value is -1.04. The van der Waals surface area contributed by atoms with Gasteiger partial charge in [0.1, 0.15) is 0 Å². The zero-order valence-electron chi connectivity index (χ0n) is 6.92. The summed E-state index contributed by atoms with van der Waals surface area (Å²) in [5.41, 5.74) is 0. The maximum atomic E-state index is 10.9. The van der Waals surface area contributed by atoms with E-state index < -0.39 is 0 Å². The molecule has 1 aliphatic heterocycles. The van der Waals surface area contributed by atoms with Crippen molar-refractivity contribution >= 4 is 5.91 Å². The van der Waals surface area contributed by atoms with Crippen molar-refractivity contribution in [3.05, 3.63) is 0 Å². The van der Waals surface area contributed by atoms with Crippen LogP contribution in [0.4, 0.5) is 0 Å². The Labute approximate surface area is 71.8 Å². The van der Waals surface area contributed by atoms with Crippen molar-refractivity contribution in [2.24, 2.45) is 17.8 Å². The molecule has 0 radical (unpaired) electrons. The lowest BCUT2D eigenvalue weighted by atomic mass is 9.89. The summed E-state index contributed by atoms with van der Waals surface area (Å²) in [5.74, 6) is 1.12. The first-order chi connectivity index (χ1) is 5.81. The number of nitriles is 1. The van der Waals surface area contributed by atoms with Crippen LogP contribution in [-0.2, 0) is 4.79 Å². The van der Waals surface area contributed by atoms with Gasteiger partial charge in [0.2, 0.25) is 5.91 Å². The average molecular weight is 164 g/mol. The molecule has 1 saturated heterocycles. The van der Waals surface area contributed by atoms with Crippen LogP contribution in [0.5, 0.6) is 0 Å². The smallest absolute Gasteiger partial charge is 0.220 e. The number of carbonyl (C=O) groups excluding carboxylic acids is 1. The minimum absolute atomic E-state index is 0.112. The quantitative estimate of drug-likeness (QED) is 0.652. The van der Waals surface area contributed by atoms with E-state index >= 15 is 0 Å². The normalized spacial score (nSPS) is 30.9. The summed E-state index contributed by atoms with van der Waals surface area (Å²) in [6, 6.07) is 2.33. The maximum absolute atomic E-state index is 10.9. The SMILES string of the molecule is N#CC(C1CC1)C1CNC(=O)C1. The van der Waals surface area contributed by atoms with E-state index in [1.807, 2.05) is 0 Å². The van der Waals surface area contributed by atoms with Crippen LogP contribution < -0.4 is 5.32 Å². The largest absolute Gasteiger partial charge is 0.356 e. The monoisotopic (exact) mass is 164 g/mol. The molecule has 2 atom stereocenters. The summed E-state index contributed by atoms with van der Waals surface area (Å²) in [5, 5.41) is 11.7. The summed E-state index contributed by atoms with van der Waals surface area (Å²) >= 11 is 0. The molecule has 1 heterocycles. The van der Waals surface area contributed by atoms with Gasteiger partial charge in [0.15, 0.2) is 0 Å². The number of nitrogens with zero attached hydrogens (tertiary/aromatic N) is 1. The van der Waals surface area contributed by atoms with Crippen molar-refractivity contribution in [2.75, 3.05) is 6.54 Å². The lowest BCUT2D eigenvalue weighted by Gasteiger charge is -2.12. The highest BCUT2D eigenvalue weighted by molar-refractivity contribution is 5.78. The van der Waals surface area contributed by atoms with Gasteiger partial charge < -0.3 is 5.32 Å². The zero-order chi connectivity index (χ0) is 8.55. The van der Waals surface area contributed by atoms with Gasteiger partial charge in [0, 0.05) is 18.9 Å². The van der Waals surface area contributed by atoms with Gasteiger partial charge in [-0.25, -0.2) is 0 Å². The average Bonchev–Trinajstić information content (AvgIpc) is 2.78. The fourth-order valence-electron chi connectivity index (χ4n) is 1.93. The van der Waals surface area contributed by atoms with Gasteiger partial charge in [-0.1, -0.05) is 0 Å². The Kier molecular flexibility index (Phi) is 1.76. The Bertz CT molecular complexity index is 239. The molecule has 2 rings (SSSR count). The lowest BCUT2D eigenvalue weighted by molar-refractivity contribution is -0.119. The van der Waals surface area contributed by atoms with Crippen LogP contribution in [0.2, 0.25) is 0 Å². The van der Waals surface area contributed by atoms with Crippen molar-refractivity contribution in [2.45, 2.75) is 19.3 Å². The van der Waals surface area contributed by atoms with Gasteiger partial charge in [-0.2, -0.15) is 5.26 Å². The molecule has 0 bridgehead atoms. The number of carbonyl (C=O) groups is 1. The first kappa shape index (κ1) is 7.60. The standard InChI is InChI=1S/C9H12N2O/c10-4-8(6-1-2-6)7-3-9(12)11-5-7/h6-8H,1-3,5H2,(H,11,12). The van der Waals surface area contributed by atoms with Crippen molar-refractivity contribution < 1.29 is 4.79 Å². The van der Waals surface area contributed by atoms with Crippen LogP contribution in [-0.4, -0.2) is 12.5 Å². The predicted octanol–water partition coefficient (Wildman–Crippen LogP) is 0.672. The van der Waals surface area contributed by atoms with Gasteiger partial charge in [-0.3, -0.25) is 4.79 Å². The third kappa shape index (κ3) is 1.29. The molecule has 2 aliphatic rings. The summed E-state index contributed by atoms with van der Waals surface area (Å²) in [6.45, 7) is 0.716. The van der Waals surface area contributed by atoms with E-state index in [1.165, 1.54) is 12.8 Å². The first-order valence-corrected chi connectivity index (χ1v) is 4.47. The van der Waals surface area contributed by atoms with Gasteiger partial charge in [0.25, 0.3) is 0 Å². The van der Waals surface area contributed by atoms with E-state index in [4.69, 9.17) is 5.26 Å². The zero-order valence-corrected chi connectivity index (χ0v) is 6.92. The molecule has 0 aromatic carbocycles. The molecule has 12 heavy (non-hydrogen) atoms. The minimum atomic E-state index is 0.112. The topological polar surface area (TPSA) is 52.9 Å². The van der Waals surface area contributed by atoms with Crippen molar-refractivity contribution in [3.8, 4) is 6.07 Å². The number of hydrogen-bond acceptors (Lipinski definition) is 2. The van der Waals surface area contributed by atoms with E-state index in [-0.39, 0.29) is 17.7 Å². The van der Waals surface area contributed by atoms with E-state index in [1.54, 1.807) is 0 Å². The van der Waals surface area contributed by atoms with Crippen molar-refractivity contribution in [3.63, 3.8) is 0 Å². The molecule has 3 heteroatoms. The maximum Gasteiger partial charge on any atom is 0.220 e. The minimum Gasteiger partial charge on any atom is -0.356 e.